The third kappa shape index (κ3) is 3.11. The van der Waals surface area contributed by atoms with Crippen molar-refractivity contribution in [3.63, 3.8) is 0 Å². The molecule has 1 aliphatic rings. The Morgan fingerprint density at radius 1 is 1.47 bits per heavy atom. The lowest BCUT2D eigenvalue weighted by Crippen LogP contribution is -2.12. The first-order valence-electron chi connectivity index (χ1n) is 6.54. The topological polar surface area (TPSA) is 58.0 Å². The van der Waals surface area contributed by atoms with Gasteiger partial charge in [0.2, 0.25) is 5.13 Å². The predicted octanol–water partition coefficient (Wildman–Crippen LogP) is 2.87. The van der Waals surface area contributed by atoms with Crippen molar-refractivity contribution in [2.45, 2.75) is 31.8 Å². The molecule has 0 amide bonds. The molecule has 3 rings (SSSR count). The summed E-state index contributed by atoms with van der Waals surface area (Å²) in [6.45, 7) is 2.49. The zero-order valence-electron chi connectivity index (χ0n) is 10.8. The molecule has 1 fully saturated rings. The molecule has 4 nitrogen and oxygen atoms in total. The summed E-state index contributed by atoms with van der Waals surface area (Å²) in [6, 6.07) is 7.93. The number of hydrogen-bond donors (Lipinski definition) is 2. The van der Waals surface area contributed by atoms with E-state index >= 15 is 0 Å². The van der Waals surface area contributed by atoms with Crippen LogP contribution in [0.25, 0.3) is 0 Å². The number of rotatable bonds is 5. The molecule has 0 bridgehead atoms. The number of aliphatic hydroxyl groups excluding tert-OH is 1. The van der Waals surface area contributed by atoms with Gasteiger partial charge in [-0.2, -0.15) is 4.37 Å². The van der Waals surface area contributed by atoms with Gasteiger partial charge < -0.3 is 10.4 Å². The van der Waals surface area contributed by atoms with Gasteiger partial charge in [-0.3, -0.25) is 0 Å². The van der Waals surface area contributed by atoms with Crippen LogP contribution in [0.4, 0.5) is 5.13 Å². The molecule has 1 atom stereocenters. The van der Waals surface area contributed by atoms with Crippen LogP contribution in [0.15, 0.2) is 24.3 Å². The molecule has 1 aromatic heterocycles. The Morgan fingerprint density at radius 3 is 3.05 bits per heavy atom. The van der Waals surface area contributed by atoms with Crippen LogP contribution in [0, 0.1) is 6.92 Å². The fourth-order valence-electron chi connectivity index (χ4n) is 1.99. The molecule has 2 N–H and O–H groups in total. The number of aromatic nitrogens is 2. The summed E-state index contributed by atoms with van der Waals surface area (Å²) in [4.78, 5) is 4.44. The van der Waals surface area contributed by atoms with Gasteiger partial charge in [0.25, 0.3) is 0 Å². The minimum Gasteiger partial charge on any atom is -0.387 e. The fraction of sp³-hybridized carbons (Fsp3) is 0.429. The van der Waals surface area contributed by atoms with Crippen molar-refractivity contribution < 1.29 is 5.11 Å². The Hall–Kier alpha value is -1.46. The lowest BCUT2D eigenvalue weighted by Gasteiger charge is -2.11. The SMILES string of the molecule is Cc1cccc(C(O)CNc2nc(C3CC3)ns2)c1. The van der Waals surface area contributed by atoms with Gasteiger partial charge >= 0.3 is 0 Å². The molecule has 0 radical (unpaired) electrons. The lowest BCUT2D eigenvalue weighted by molar-refractivity contribution is 0.191. The van der Waals surface area contributed by atoms with E-state index in [2.05, 4.69) is 14.7 Å². The van der Waals surface area contributed by atoms with Crippen molar-refractivity contribution in [1.29, 1.82) is 0 Å². The van der Waals surface area contributed by atoms with Crippen LogP contribution in [0.5, 0.6) is 0 Å². The van der Waals surface area contributed by atoms with Gasteiger partial charge in [-0.15, -0.1) is 0 Å². The van der Waals surface area contributed by atoms with E-state index in [-0.39, 0.29) is 0 Å². The smallest absolute Gasteiger partial charge is 0.202 e. The van der Waals surface area contributed by atoms with E-state index in [4.69, 9.17) is 0 Å². The average Bonchev–Trinajstić information content (AvgIpc) is 3.15. The van der Waals surface area contributed by atoms with Crippen LogP contribution in [-0.4, -0.2) is 21.0 Å². The summed E-state index contributed by atoms with van der Waals surface area (Å²) in [7, 11) is 0. The third-order valence-electron chi connectivity index (χ3n) is 3.26. The quantitative estimate of drug-likeness (QED) is 0.881. The molecule has 0 aliphatic heterocycles. The first-order valence-corrected chi connectivity index (χ1v) is 7.32. The molecule has 1 unspecified atom stereocenters. The molecule has 2 aromatic rings. The summed E-state index contributed by atoms with van der Waals surface area (Å²) >= 11 is 1.37. The first kappa shape index (κ1) is 12.6. The van der Waals surface area contributed by atoms with Crippen molar-refractivity contribution >= 4 is 16.7 Å². The maximum Gasteiger partial charge on any atom is 0.202 e. The van der Waals surface area contributed by atoms with Crippen LogP contribution in [-0.2, 0) is 0 Å². The van der Waals surface area contributed by atoms with Crippen LogP contribution in [0.2, 0.25) is 0 Å². The number of nitrogens with zero attached hydrogens (tertiary/aromatic N) is 2. The van der Waals surface area contributed by atoms with Crippen LogP contribution < -0.4 is 5.32 Å². The summed E-state index contributed by atoms with van der Waals surface area (Å²) in [5, 5.41) is 14.1. The summed E-state index contributed by atoms with van der Waals surface area (Å²) < 4.78 is 4.33. The molecule has 1 aliphatic carbocycles. The Balaban J connectivity index is 1.58. The fourth-order valence-corrected chi connectivity index (χ4v) is 2.65. The number of nitrogens with one attached hydrogen (secondary N) is 1. The summed E-state index contributed by atoms with van der Waals surface area (Å²) in [5.41, 5.74) is 2.09. The van der Waals surface area contributed by atoms with Gasteiger partial charge in [0.05, 0.1) is 6.10 Å². The minimum atomic E-state index is -0.520. The lowest BCUT2D eigenvalue weighted by atomic mass is 10.1. The standard InChI is InChI=1S/C14H17N3OS/c1-9-3-2-4-11(7-9)12(18)8-15-14-16-13(17-19-14)10-5-6-10/h2-4,7,10,12,18H,5-6,8H2,1H3,(H,15,16,17). The van der Waals surface area contributed by atoms with E-state index in [1.54, 1.807) is 0 Å². The van der Waals surface area contributed by atoms with Crippen LogP contribution in [0.1, 0.15) is 41.8 Å². The van der Waals surface area contributed by atoms with Gasteiger partial charge in [-0.1, -0.05) is 29.8 Å². The maximum absolute atomic E-state index is 10.1. The van der Waals surface area contributed by atoms with E-state index < -0.39 is 6.10 Å². The van der Waals surface area contributed by atoms with Gasteiger partial charge in [-0.05, 0) is 25.3 Å². The Labute approximate surface area is 116 Å². The molecule has 19 heavy (non-hydrogen) atoms. The van der Waals surface area contributed by atoms with E-state index in [0.29, 0.717) is 12.5 Å². The maximum atomic E-state index is 10.1. The zero-order valence-corrected chi connectivity index (χ0v) is 11.7. The van der Waals surface area contributed by atoms with E-state index in [9.17, 15) is 5.11 Å². The molecule has 1 saturated carbocycles. The molecular formula is C14H17N3OS. The largest absolute Gasteiger partial charge is 0.387 e. The van der Waals surface area contributed by atoms with Gasteiger partial charge in [0.15, 0.2) is 0 Å². The highest BCUT2D eigenvalue weighted by molar-refractivity contribution is 7.09. The van der Waals surface area contributed by atoms with Crippen molar-refractivity contribution in [3.8, 4) is 0 Å². The number of aliphatic hydroxyl groups is 1. The van der Waals surface area contributed by atoms with Crippen LogP contribution >= 0.6 is 11.5 Å². The monoisotopic (exact) mass is 275 g/mol. The van der Waals surface area contributed by atoms with Gasteiger partial charge in [-0.25, -0.2) is 4.98 Å². The Morgan fingerprint density at radius 2 is 2.32 bits per heavy atom. The van der Waals surface area contributed by atoms with E-state index in [0.717, 1.165) is 22.1 Å². The molecule has 0 saturated heterocycles. The van der Waals surface area contributed by atoms with Crippen LogP contribution in [0.3, 0.4) is 0 Å². The van der Waals surface area contributed by atoms with E-state index in [1.807, 2.05) is 31.2 Å². The zero-order chi connectivity index (χ0) is 13.2. The second kappa shape index (κ2) is 5.27. The highest BCUT2D eigenvalue weighted by Crippen LogP contribution is 2.39. The predicted molar refractivity (Wildman–Crippen MR) is 76.5 cm³/mol. The summed E-state index contributed by atoms with van der Waals surface area (Å²) in [5.74, 6) is 1.53. The highest BCUT2D eigenvalue weighted by Gasteiger charge is 2.27. The normalized spacial score (nSPS) is 16.3. The Bertz CT molecular complexity index is 565. The van der Waals surface area contributed by atoms with Gasteiger partial charge in [0, 0.05) is 24.0 Å². The Kier molecular flexibility index (Phi) is 3.48. The number of aryl methyl sites for hydroxylation is 1. The molecule has 5 heteroatoms. The summed E-state index contributed by atoms with van der Waals surface area (Å²) in [6.07, 6.45) is 1.90. The van der Waals surface area contributed by atoms with E-state index in [1.165, 1.54) is 24.4 Å². The van der Waals surface area contributed by atoms with Crippen molar-refractivity contribution in [2.75, 3.05) is 11.9 Å². The molecular weight excluding hydrogens is 258 g/mol. The molecule has 1 aromatic carbocycles. The average molecular weight is 275 g/mol. The number of hydrogen-bond acceptors (Lipinski definition) is 5. The second-order valence-electron chi connectivity index (χ2n) is 5.04. The van der Waals surface area contributed by atoms with Crippen molar-refractivity contribution in [1.82, 2.24) is 9.36 Å². The molecule has 0 spiro atoms. The molecule has 100 valence electrons. The van der Waals surface area contributed by atoms with Crippen molar-refractivity contribution in [3.05, 3.63) is 41.2 Å². The highest BCUT2D eigenvalue weighted by atomic mass is 32.1. The third-order valence-corrected chi connectivity index (χ3v) is 3.94. The minimum absolute atomic E-state index is 0.461. The first-order chi connectivity index (χ1) is 9.22. The second-order valence-corrected chi connectivity index (χ2v) is 5.79. The van der Waals surface area contributed by atoms with Crippen molar-refractivity contribution in [2.24, 2.45) is 0 Å². The molecule has 1 heterocycles. The number of anilines is 1. The van der Waals surface area contributed by atoms with Gasteiger partial charge in [0.1, 0.15) is 5.82 Å². The number of benzene rings is 1.